The van der Waals surface area contributed by atoms with E-state index in [0.29, 0.717) is 0 Å². The lowest BCUT2D eigenvalue weighted by atomic mass is 10.2. The molecule has 0 fully saturated rings. The van der Waals surface area contributed by atoms with Crippen molar-refractivity contribution in [3.05, 3.63) is 56.8 Å². The lowest BCUT2D eigenvalue weighted by Crippen LogP contribution is -2.20. The number of nitro groups is 1. The molecule has 6 nitrogen and oxygen atoms in total. The van der Waals surface area contributed by atoms with Crippen molar-refractivity contribution < 1.29 is 4.92 Å². The van der Waals surface area contributed by atoms with Crippen molar-refractivity contribution in [2.75, 3.05) is 6.54 Å². The predicted octanol–water partition coefficient (Wildman–Crippen LogP) is 2.36. The molecule has 0 bridgehead atoms. The lowest BCUT2D eigenvalue weighted by molar-refractivity contribution is -0.484. The lowest BCUT2D eigenvalue weighted by Gasteiger charge is -2.11. The van der Waals surface area contributed by atoms with Crippen molar-refractivity contribution in [2.45, 2.75) is 6.04 Å². The Morgan fingerprint density at radius 1 is 1.32 bits per heavy atom. The van der Waals surface area contributed by atoms with Gasteiger partial charge in [-0.1, -0.05) is 23.4 Å². The van der Waals surface area contributed by atoms with Crippen molar-refractivity contribution in [2.24, 2.45) is 0 Å². The molecule has 96 valence electrons. The van der Waals surface area contributed by atoms with Gasteiger partial charge >= 0.3 is 0 Å². The van der Waals surface area contributed by atoms with E-state index in [1.165, 1.54) is 11.3 Å². The molecule has 0 radical (unpaired) electrons. The van der Waals surface area contributed by atoms with Gasteiger partial charge in [0.15, 0.2) is 6.04 Å². The van der Waals surface area contributed by atoms with Crippen LogP contribution < -0.4 is 0 Å². The number of hydrogen-bond acceptors (Lipinski definition) is 5. The molecule has 0 aliphatic heterocycles. The number of nitrogens with zero attached hydrogens (tertiary/aromatic N) is 4. The maximum absolute atomic E-state index is 10.9. The summed E-state index contributed by atoms with van der Waals surface area (Å²) < 4.78 is 1.63. The smallest absolute Gasteiger partial charge is 0.231 e. The molecule has 2 heterocycles. The van der Waals surface area contributed by atoms with Gasteiger partial charge in [0.25, 0.3) is 0 Å². The van der Waals surface area contributed by atoms with Crippen LogP contribution in [-0.2, 0) is 0 Å². The van der Waals surface area contributed by atoms with E-state index in [9.17, 15) is 10.1 Å². The van der Waals surface area contributed by atoms with E-state index in [1.54, 1.807) is 4.68 Å². The normalized spacial score (nSPS) is 12.6. The molecule has 0 saturated heterocycles. The molecule has 2 aromatic heterocycles. The summed E-state index contributed by atoms with van der Waals surface area (Å²) in [4.78, 5) is 11.5. The van der Waals surface area contributed by atoms with Crippen LogP contribution in [0.2, 0.25) is 0 Å². The fourth-order valence-corrected chi connectivity index (χ4v) is 2.83. The van der Waals surface area contributed by atoms with Crippen molar-refractivity contribution in [3.63, 3.8) is 0 Å². The van der Waals surface area contributed by atoms with Gasteiger partial charge in [-0.25, -0.2) is 4.68 Å². The minimum absolute atomic E-state index is 0.201. The summed E-state index contributed by atoms with van der Waals surface area (Å²) in [5.41, 5.74) is 1.55. The molecular weight excluding hydrogens is 264 g/mol. The number of thiophene rings is 1. The van der Waals surface area contributed by atoms with E-state index in [2.05, 4.69) is 10.3 Å². The van der Waals surface area contributed by atoms with Gasteiger partial charge in [0.05, 0.1) is 5.52 Å². The average molecular weight is 274 g/mol. The zero-order valence-electron chi connectivity index (χ0n) is 9.84. The van der Waals surface area contributed by atoms with Crippen molar-refractivity contribution in [3.8, 4) is 0 Å². The minimum Gasteiger partial charge on any atom is -0.264 e. The van der Waals surface area contributed by atoms with Gasteiger partial charge in [-0.15, -0.1) is 16.4 Å². The number of rotatable bonds is 4. The second-order valence-electron chi connectivity index (χ2n) is 4.07. The van der Waals surface area contributed by atoms with Gasteiger partial charge in [0, 0.05) is 9.80 Å². The van der Waals surface area contributed by atoms with Crippen molar-refractivity contribution >= 4 is 22.4 Å². The fraction of sp³-hybridized carbons (Fsp3) is 0.167. The van der Waals surface area contributed by atoms with Crippen LogP contribution in [0.15, 0.2) is 41.8 Å². The van der Waals surface area contributed by atoms with Crippen LogP contribution in [-0.4, -0.2) is 26.5 Å². The Morgan fingerprint density at radius 3 is 2.89 bits per heavy atom. The number of fused-ring (bicyclic) bond motifs is 1. The zero-order chi connectivity index (χ0) is 13.2. The van der Waals surface area contributed by atoms with Gasteiger partial charge < -0.3 is 0 Å². The molecule has 3 aromatic rings. The summed E-state index contributed by atoms with van der Waals surface area (Å²) in [5, 5.41) is 20.9. The summed E-state index contributed by atoms with van der Waals surface area (Å²) in [7, 11) is 0. The first-order valence-electron chi connectivity index (χ1n) is 5.71. The second kappa shape index (κ2) is 4.77. The van der Waals surface area contributed by atoms with Gasteiger partial charge in [-0.05, 0) is 23.6 Å². The Labute approximate surface area is 112 Å². The zero-order valence-corrected chi connectivity index (χ0v) is 10.7. The van der Waals surface area contributed by atoms with Crippen molar-refractivity contribution in [1.82, 2.24) is 15.0 Å². The molecule has 3 rings (SSSR count). The second-order valence-corrected chi connectivity index (χ2v) is 5.05. The number of benzene rings is 1. The van der Waals surface area contributed by atoms with Crippen LogP contribution in [0.5, 0.6) is 0 Å². The predicted molar refractivity (Wildman–Crippen MR) is 71.8 cm³/mol. The highest BCUT2D eigenvalue weighted by Gasteiger charge is 2.23. The molecular formula is C12H10N4O2S. The fourth-order valence-electron chi connectivity index (χ4n) is 2.03. The maximum atomic E-state index is 10.9. The standard InChI is InChI=1S/C12H10N4O2S/c17-15(18)8-11(12-6-3-7-19-12)16-10-5-2-1-4-9(10)13-14-16/h1-7,11H,8H2/t11-/m1/s1. The molecule has 7 heteroatoms. The first-order valence-corrected chi connectivity index (χ1v) is 6.59. The molecule has 1 aromatic carbocycles. The van der Waals surface area contributed by atoms with E-state index >= 15 is 0 Å². The third kappa shape index (κ3) is 2.19. The van der Waals surface area contributed by atoms with Crippen LogP contribution in [0, 0.1) is 10.1 Å². The SMILES string of the molecule is O=[N+]([O-])C[C@H](c1cccs1)n1nnc2ccccc21. The van der Waals surface area contributed by atoms with Crippen molar-refractivity contribution in [1.29, 1.82) is 0 Å². The van der Waals surface area contributed by atoms with Gasteiger partial charge in [-0.3, -0.25) is 10.1 Å². The third-order valence-corrected chi connectivity index (χ3v) is 3.84. The van der Waals surface area contributed by atoms with Crippen LogP contribution in [0.3, 0.4) is 0 Å². The third-order valence-electron chi connectivity index (χ3n) is 2.87. The Kier molecular flexibility index (Phi) is 2.96. The summed E-state index contributed by atoms with van der Waals surface area (Å²) in [6.07, 6.45) is 0. The molecule has 0 spiro atoms. The molecule has 19 heavy (non-hydrogen) atoms. The van der Waals surface area contributed by atoms with E-state index < -0.39 is 6.04 Å². The van der Waals surface area contributed by atoms with E-state index in [-0.39, 0.29) is 11.5 Å². The number of aromatic nitrogens is 3. The quantitative estimate of drug-likeness (QED) is 0.540. The molecule has 0 unspecified atom stereocenters. The summed E-state index contributed by atoms with van der Waals surface area (Å²) in [6, 6.07) is 10.8. The average Bonchev–Trinajstić information content (AvgIpc) is 3.05. The minimum atomic E-state index is -0.414. The molecule has 0 saturated carbocycles. The summed E-state index contributed by atoms with van der Waals surface area (Å²) >= 11 is 1.49. The Bertz CT molecular complexity index is 707. The Balaban J connectivity index is 2.11. The molecule has 0 N–H and O–H groups in total. The molecule has 0 aliphatic carbocycles. The summed E-state index contributed by atoms with van der Waals surface area (Å²) in [5.74, 6) is 0. The van der Waals surface area contributed by atoms with Gasteiger partial charge in [0.1, 0.15) is 5.52 Å². The van der Waals surface area contributed by atoms with Crippen LogP contribution in [0.1, 0.15) is 10.9 Å². The topological polar surface area (TPSA) is 73.8 Å². The largest absolute Gasteiger partial charge is 0.264 e. The van der Waals surface area contributed by atoms with E-state index in [0.717, 1.165) is 15.9 Å². The van der Waals surface area contributed by atoms with Gasteiger partial charge in [0.2, 0.25) is 6.54 Å². The van der Waals surface area contributed by atoms with E-state index in [4.69, 9.17) is 0 Å². The number of para-hydroxylation sites is 1. The highest BCUT2D eigenvalue weighted by molar-refractivity contribution is 7.10. The van der Waals surface area contributed by atoms with Crippen LogP contribution >= 0.6 is 11.3 Å². The molecule has 0 amide bonds. The van der Waals surface area contributed by atoms with E-state index in [1.807, 2.05) is 41.8 Å². The highest BCUT2D eigenvalue weighted by atomic mass is 32.1. The first-order chi connectivity index (χ1) is 9.25. The highest BCUT2D eigenvalue weighted by Crippen LogP contribution is 2.25. The maximum Gasteiger partial charge on any atom is 0.231 e. The Morgan fingerprint density at radius 2 is 2.16 bits per heavy atom. The number of hydrogen-bond donors (Lipinski definition) is 0. The summed E-state index contributed by atoms with van der Waals surface area (Å²) in [6.45, 7) is -0.201. The Hall–Kier alpha value is -2.28. The van der Waals surface area contributed by atoms with Gasteiger partial charge in [-0.2, -0.15) is 0 Å². The van der Waals surface area contributed by atoms with Crippen LogP contribution in [0.4, 0.5) is 0 Å². The monoisotopic (exact) mass is 274 g/mol. The first kappa shape index (κ1) is 11.8. The van der Waals surface area contributed by atoms with Crippen LogP contribution in [0.25, 0.3) is 11.0 Å². The molecule has 0 aliphatic rings. The molecule has 1 atom stereocenters.